The zero-order chi connectivity index (χ0) is 17.6. The van der Waals surface area contributed by atoms with Crippen LogP contribution in [0.25, 0.3) is 0 Å². The third-order valence-electron chi connectivity index (χ3n) is 3.96. The molecule has 23 heavy (non-hydrogen) atoms. The standard InChI is InChI=1S/C16H29N3O4/c1-15(2,3)22-13(20)18-9-8-11-12(18)10-19(17(11)7)14(21)23-16(4,5)6/h11-12H,8-10H2,1-7H3/t11?,12-/m1/s1. The molecule has 2 amide bonds. The van der Waals surface area contributed by atoms with Crippen LogP contribution in [0.2, 0.25) is 0 Å². The number of hydrazine groups is 1. The Labute approximate surface area is 138 Å². The van der Waals surface area contributed by atoms with E-state index in [1.807, 2.05) is 53.6 Å². The van der Waals surface area contributed by atoms with Crippen molar-refractivity contribution in [2.45, 2.75) is 71.2 Å². The van der Waals surface area contributed by atoms with Crippen LogP contribution in [-0.4, -0.2) is 70.5 Å². The molecular weight excluding hydrogens is 298 g/mol. The molecule has 0 aliphatic carbocycles. The van der Waals surface area contributed by atoms with Crippen LogP contribution in [0.3, 0.4) is 0 Å². The molecule has 7 nitrogen and oxygen atoms in total. The van der Waals surface area contributed by atoms with Crippen LogP contribution in [0.4, 0.5) is 9.59 Å². The van der Waals surface area contributed by atoms with Gasteiger partial charge in [0, 0.05) is 13.6 Å². The molecule has 0 saturated carbocycles. The first-order valence-corrected chi connectivity index (χ1v) is 8.12. The minimum Gasteiger partial charge on any atom is -0.444 e. The molecule has 2 aliphatic rings. The maximum absolute atomic E-state index is 12.4. The van der Waals surface area contributed by atoms with Crippen molar-refractivity contribution in [1.29, 1.82) is 0 Å². The Morgan fingerprint density at radius 3 is 1.96 bits per heavy atom. The van der Waals surface area contributed by atoms with Gasteiger partial charge in [-0.15, -0.1) is 0 Å². The summed E-state index contributed by atoms with van der Waals surface area (Å²) in [5.41, 5.74) is -1.06. The summed E-state index contributed by atoms with van der Waals surface area (Å²) in [6, 6.07) is 0.0670. The Morgan fingerprint density at radius 1 is 0.913 bits per heavy atom. The van der Waals surface area contributed by atoms with E-state index in [1.165, 1.54) is 0 Å². The van der Waals surface area contributed by atoms with Crippen molar-refractivity contribution in [3.8, 4) is 0 Å². The van der Waals surface area contributed by atoms with Crippen LogP contribution < -0.4 is 0 Å². The van der Waals surface area contributed by atoms with Crippen LogP contribution >= 0.6 is 0 Å². The number of hydrogen-bond acceptors (Lipinski definition) is 5. The lowest BCUT2D eigenvalue weighted by atomic mass is 10.1. The number of rotatable bonds is 0. The summed E-state index contributed by atoms with van der Waals surface area (Å²) in [6.45, 7) is 12.2. The van der Waals surface area contributed by atoms with Crippen molar-refractivity contribution in [2.24, 2.45) is 0 Å². The zero-order valence-electron chi connectivity index (χ0n) is 15.3. The summed E-state index contributed by atoms with van der Waals surface area (Å²) < 4.78 is 10.9. The lowest BCUT2D eigenvalue weighted by molar-refractivity contribution is -0.0275. The molecule has 0 aromatic heterocycles. The van der Waals surface area contributed by atoms with Crippen LogP contribution in [-0.2, 0) is 9.47 Å². The summed E-state index contributed by atoms with van der Waals surface area (Å²) in [7, 11) is 1.87. The lowest BCUT2D eigenvalue weighted by Gasteiger charge is -2.30. The molecular formula is C16H29N3O4. The van der Waals surface area contributed by atoms with E-state index in [0.717, 1.165) is 6.42 Å². The van der Waals surface area contributed by atoms with Gasteiger partial charge in [0.2, 0.25) is 0 Å². The number of likely N-dealkylation sites (tertiary alicyclic amines) is 1. The molecule has 2 fully saturated rings. The van der Waals surface area contributed by atoms with Gasteiger partial charge in [0.25, 0.3) is 0 Å². The molecule has 2 saturated heterocycles. The van der Waals surface area contributed by atoms with Crippen LogP contribution in [0.1, 0.15) is 48.0 Å². The highest BCUT2D eigenvalue weighted by Crippen LogP contribution is 2.32. The van der Waals surface area contributed by atoms with Gasteiger partial charge in [0.05, 0.1) is 18.6 Å². The van der Waals surface area contributed by atoms with Gasteiger partial charge in [0.1, 0.15) is 11.2 Å². The van der Waals surface area contributed by atoms with Gasteiger partial charge >= 0.3 is 12.2 Å². The highest BCUT2D eigenvalue weighted by atomic mass is 16.6. The van der Waals surface area contributed by atoms with E-state index in [9.17, 15) is 9.59 Å². The quantitative estimate of drug-likeness (QED) is 0.684. The SMILES string of the molecule is CN1C2CCN(C(=O)OC(C)(C)C)[C@@H]2CN1C(=O)OC(C)(C)C. The Bertz CT molecular complexity index is 455. The summed E-state index contributed by atoms with van der Waals surface area (Å²) >= 11 is 0. The van der Waals surface area contributed by atoms with Crippen LogP contribution in [0, 0.1) is 0 Å². The van der Waals surface area contributed by atoms with Crippen LogP contribution in [0.15, 0.2) is 0 Å². The molecule has 0 aromatic carbocycles. The zero-order valence-corrected chi connectivity index (χ0v) is 15.3. The number of ether oxygens (including phenoxy) is 2. The van der Waals surface area contributed by atoms with Gasteiger partial charge in [-0.1, -0.05) is 0 Å². The molecule has 0 N–H and O–H groups in total. The predicted molar refractivity (Wildman–Crippen MR) is 85.8 cm³/mol. The minimum atomic E-state index is -0.541. The Kier molecular flexibility index (Phi) is 4.54. The molecule has 2 aliphatic heterocycles. The molecule has 132 valence electrons. The molecule has 0 spiro atoms. The summed E-state index contributed by atoms with van der Waals surface area (Å²) in [4.78, 5) is 26.4. The molecule has 0 bridgehead atoms. The summed E-state index contributed by atoms with van der Waals surface area (Å²) in [5, 5.41) is 3.47. The highest BCUT2D eigenvalue weighted by Gasteiger charge is 2.50. The first-order valence-electron chi connectivity index (χ1n) is 8.12. The number of amides is 2. The smallest absolute Gasteiger partial charge is 0.425 e. The number of nitrogens with zero attached hydrogens (tertiary/aromatic N) is 3. The fourth-order valence-electron chi connectivity index (χ4n) is 3.04. The summed E-state index contributed by atoms with van der Waals surface area (Å²) in [5.74, 6) is 0. The fraction of sp³-hybridized carbons (Fsp3) is 0.875. The molecule has 7 heteroatoms. The van der Waals surface area contributed by atoms with E-state index < -0.39 is 11.2 Å². The highest BCUT2D eigenvalue weighted by molar-refractivity contribution is 5.71. The molecule has 1 unspecified atom stereocenters. The average Bonchev–Trinajstić information content (AvgIpc) is 2.85. The van der Waals surface area contributed by atoms with Crippen LogP contribution in [0.5, 0.6) is 0 Å². The summed E-state index contributed by atoms with van der Waals surface area (Å²) in [6.07, 6.45) is 0.127. The second-order valence-corrected chi connectivity index (χ2v) is 8.23. The topological polar surface area (TPSA) is 62.3 Å². The minimum absolute atomic E-state index is 0.0534. The predicted octanol–water partition coefficient (Wildman–Crippen LogP) is 2.46. The third kappa shape index (κ3) is 4.07. The fourth-order valence-corrected chi connectivity index (χ4v) is 3.04. The normalized spacial score (nSPS) is 25.5. The maximum Gasteiger partial charge on any atom is 0.425 e. The van der Waals surface area contributed by atoms with Gasteiger partial charge in [-0.25, -0.2) is 19.6 Å². The van der Waals surface area contributed by atoms with E-state index in [4.69, 9.17) is 9.47 Å². The number of carbonyl (C=O) groups is 2. The second kappa shape index (κ2) is 5.85. The van der Waals surface area contributed by atoms with Gasteiger partial charge in [-0.05, 0) is 48.0 Å². The first kappa shape index (κ1) is 17.8. The van der Waals surface area contributed by atoms with Crippen molar-refractivity contribution in [2.75, 3.05) is 20.1 Å². The average molecular weight is 327 g/mol. The van der Waals surface area contributed by atoms with Gasteiger partial charge in [-0.2, -0.15) is 0 Å². The van der Waals surface area contributed by atoms with E-state index >= 15 is 0 Å². The Balaban J connectivity index is 2.05. The van der Waals surface area contributed by atoms with E-state index in [2.05, 4.69) is 0 Å². The number of hydrogen-bond donors (Lipinski definition) is 0. The number of carbonyl (C=O) groups excluding carboxylic acids is 2. The monoisotopic (exact) mass is 327 g/mol. The van der Waals surface area contributed by atoms with E-state index in [0.29, 0.717) is 13.1 Å². The molecule has 2 rings (SSSR count). The van der Waals surface area contributed by atoms with Crippen molar-refractivity contribution in [3.63, 3.8) is 0 Å². The maximum atomic E-state index is 12.4. The molecule has 2 heterocycles. The van der Waals surface area contributed by atoms with Crippen molar-refractivity contribution in [1.82, 2.24) is 14.9 Å². The van der Waals surface area contributed by atoms with Gasteiger partial charge in [0.15, 0.2) is 0 Å². The molecule has 2 atom stereocenters. The van der Waals surface area contributed by atoms with Gasteiger partial charge in [-0.3, -0.25) is 0 Å². The van der Waals surface area contributed by atoms with Gasteiger partial charge < -0.3 is 14.4 Å². The third-order valence-corrected chi connectivity index (χ3v) is 3.96. The number of fused-ring (bicyclic) bond motifs is 1. The molecule has 0 radical (unpaired) electrons. The largest absolute Gasteiger partial charge is 0.444 e. The van der Waals surface area contributed by atoms with E-state index in [1.54, 1.807) is 9.91 Å². The Hall–Kier alpha value is -1.50. The van der Waals surface area contributed by atoms with E-state index in [-0.39, 0.29) is 24.3 Å². The first-order chi connectivity index (χ1) is 10.4. The van der Waals surface area contributed by atoms with Crippen molar-refractivity contribution >= 4 is 12.2 Å². The second-order valence-electron chi connectivity index (χ2n) is 8.23. The number of likely N-dealkylation sites (N-methyl/N-ethyl adjacent to an activating group) is 1. The molecule has 0 aromatic rings. The van der Waals surface area contributed by atoms with Crippen molar-refractivity contribution < 1.29 is 19.1 Å². The Morgan fingerprint density at radius 2 is 1.43 bits per heavy atom. The lowest BCUT2D eigenvalue weighted by Crippen LogP contribution is -2.45. The van der Waals surface area contributed by atoms with Crippen molar-refractivity contribution in [3.05, 3.63) is 0 Å².